The van der Waals surface area contributed by atoms with Crippen molar-refractivity contribution in [2.24, 2.45) is 4.99 Å². The maximum Gasteiger partial charge on any atom is 0.227 e. The van der Waals surface area contributed by atoms with Crippen LogP contribution in [0.5, 0.6) is 0 Å². The fraction of sp³-hybridized carbons (Fsp3) is 0.0909. The number of aliphatic imine (C=N–C) groups is 1. The first-order valence-corrected chi connectivity index (χ1v) is 9.22. The summed E-state index contributed by atoms with van der Waals surface area (Å²) in [6, 6.07) is 17.2. The second-order valence-corrected chi connectivity index (χ2v) is 7.24. The number of rotatable bonds is 3. The number of aromatic nitrogens is 1. The van der Waals surface area contributed by atoms with Crippen molar-refractivity contribution in [1.29, 1.82) is 0 Å². The van der Waals surface area contributed by atoms with Gasteiger partial charge in [-0.05, 0) is 67.4 Å². The highest BCUT2D eigenvalue weighted by Gasteiger charge is 2.09. The minimum Gasteiger partial charge on any atom is -0.436 e. The van der Waals surface area contributed by atoms with Crippen LogP contribution >= 0.6 is 23.2 Å². The van der Waals surface area contributed by atoms with Gasteiger partial charge in [-0.15, -0.1) is 0 Å². The Morgan fingerprint density at radius 2 is 1.78 bits per heavy atom. The van der Waals surface area contributed by atoms with Crippen molar-refractivity contribution in [2.45, 2.75) is 13.8 Å². The number of benzene rings is 3. The number of oxazole rings is 1. The molecule has 4 rings (SSSR count). The molecular weight excluding hydrogens is 379 g/mol. The Hall–Kier alpha value is -2.62. The summed E-state index contributed by atoms with van der Waals surface area (Å²) in [6.45, 7) is 4.17. The molecule has 0 saturated heterocycles. The SMILES string of the molecule is Cc1ccc(-c2nc3cc(N=Cc4ccc(Cl)cc4Cl)ccc3o2)cc1C. The molecule has 1 heterocycles. The van der Waals surface area contributed by atoms with E-state index in [1.165, 1.54) is 11.1 Å². The molecule has 134 valence electrons. The van der Waals surface area contributed by atoms with Gasteiger partial charge in [0, 0.05) is 22.4 Å². The number of hydrogen-bond donors (Lipinski definition) is 0. The number of aryl methyl sites for hydroxylation is 2. The molecule has 0 bridgehead atoms. The lowest BCUT2D eigenvalue weighted by Crippen LogP contribution is -1.83. The van der Waals surface area contributed by atoms with Gasteiger partial charge in [-0.1, -0.05) is 35.3 Å². The van der Waals surface area contributed by atoms with E-state index >= 15 is 0 Å². The molecule has 0 atom stereocenters. The van der Waals surface area contributed by atoms with Crippen LogP contribution in [0.2, 0.25) is 10.0 Å². The second kappa shape index (κ2) is 7.18. The highest BCUT2D eigenvalue weighted by Crippen LogP contribution is 2.28. The van der Waals surface area contributed by atoms with E-state index in [2.05, 4.69) is 36.0 Å². The Morgan fingerprint density at radius 1 is 0.926 bits per heavy atom. The van der Waals surface area contributed by atoms with Gasteiger partial charge in [0.1, 0.15) is 5.52 Å². The van der Waals surface area contributed by atoms with Crippen molar-refractivity contribution in [3.63, 3.8) is 0 Å². The molecule has 0 radical (unpaired) electrons. The summed E-state index contributed by atoms with van der Waals surface area (Å²) in [5.74, 6) is 0.606. The number of hydrogen-bond acceptors (Lipinski definition) is 3. The van der Waals surface area contributed by atoms with Crippen molar-refractivity contribution >= 4 is 46.2 Å². The van der Waals surface area contributed by atoms with Gasteiger partial charge >= 0.3 is 0 Å². The Morgan fingerprint density at radius 3 is 2.56 bits per heavy atom. The van der Waals surface area contributed by atoms with Gasteiger partial charge in [0.15, 0.2) is 5.58 Å². The molecule has 3 nitrogen and oxygen atoms in total. The Balaban J connectivity index is 1.66. The largest absolute Gasteiger partial charge is 0.436 e. The molecule has 27 heavy (non-hydrogen) atoms. The summed E-state index contributed by atoms with van der Waals surface area (Å²) in [7, 11) is 0. The third kappa shape index (κ3) is 3.75. The van der Waals surface area contributed by atoms with Gasteiger partial charge in [0.2, 0.25) is 5.89 Å². The van der Waals surface area contributed by atoms with E-state index in [0.717, 1.165) is 27.9 Å². The average Bonchev–Trinajstić information content (AvgIpc) is 3.06. The first-order valence-electron chi connectivity index (χ1n) is 8.47. The molecular formula is C22H16Cl2N2O. The predicted molar refractivity (Wildman–Crippen MR) is 113 cm³/mol. The van der Waals surface area contributed by atoms with Crippen LogP contribution in [0.1, 0.15) is 16.7 Å². The number of halogens is 2. The molecule has 0 unspecified atom stereocenters. The summed E-state index contributed by atoms with van der Waals surface area (Å²) < 4.78 is 5.90. The van der Waals surface area contributed by atoms with Crippen LogP contribution in [-0.4, -0.2) is 11.2 Å². The van der Waals surface area contributed by atoms with E-state index in [1.807, 2.05) is 30.3 Å². The lowest BCUT2D eigenvalue weighted by Gasteiger charge is -2.01. The highest BCUT2D eigenvalue weighted by atomic mass is 35.5. The molecule has 0 spiro atoms. The third-order valence-corrected chi connectivity index (χ3v) is 5.00. The molecule has 5 heteroatoms. The summed E-state index contributed by atoms with van der Waals surface area (Å²) in [5.41, 5.74) is 6.48. The van der Waals surface area contributed by atoms with Crippen LogP contribution in [0.3, 0.4) is 0 Å². The van der Waals surface area contributed by atoms with Gasteiger partial charge in [0.25, 0.3) is 0 Å². The van der Waals surface area contributed by atoms with Crippen LogP contribution in [0, 0.1) is 13.8 Å². The van der Waals surface area contributed by atoms with Crippen molar-refractivity contribution in [3.8, 4) is 11.5 Å². The smallest absolute Gasteiger partial charge is 0.227 e. The van der Waals surface area contributed by atoms with Gasteiger partial charge in [-0.25, -0.2) is 4.98 Å². The lowest BCUT2D eigenvalue weighted by molar-refractivity contribution is 0.620. The minimum atomic E-state index is 0.561. The highest BCUT2D eigenvalue weighted by molar-refractivity contribution is 6.36. The predicted octanol–water partition coefficient (Wildman–Crippen LogP) is 7.17. The average molecular weight is 395 g/mol. The van der Waals surface area contributed by atoms with E-state index < -0.39 is 0 Å². The van der Waals surface area contributed by atoms with Crippen molar-refractivity contribution in [1.82, 2.24) is 4.98 Å². The Labute approximate surface area is 167 Å². The van der Waals surface area contributed by atoms with Crippen LogP contribution < -0.4 is 0 Å². The number of nitrogens with zero attached hydrogens (tertiary/aromatic N) is 2. The van der Waals surface area contributed by atoms with Crippen molar-refractivity contribution in [2.75, 3.05) is 0 Å². The quantitative estimate of drug-likeness (QED) is 0.345. The molecule has 0 saturated carbocycles. The minimum absolute atomic E-state index is 0.561. The summed E-state index contributed by atoms with van der Waals surface area (Å²) in [4.78, 5) is 9.11. The van der Waals surface area contributed by atoms with E-state index in [9.17, 15) is 0 Å². The fourth-order valence-corrected chi connectivity index (χ4v) is 3.20. The number of fused-ring (bicyclic) bond motifs is 1. The topological polar surface area (TPSA) is 38.4 Å². The molecule has 0 aliphatic rings. The van der Waals surface area contributed by atoms with E-state index in [1.54, 1.807) is 18.3 Å². The van der Waals surface area contributed by atoms with Crippen molar-refractivity contribution < 1.29 is 4.42 Å². The lowest BCUT2D eigenvalue weighted by atomic mass is 10.1. The first-order chi connectivity index (χ1) is 13.0. The normalized spacial score (nSPS) is 11.6. The Kier molecular flexibility index (Phi) is 4.73. The Bertz CT molecular complexity index is 1180. The standard InChI is InChI=1S/C22H16Cl2N2O/c1-13-3-4-15(9-14(13)2)22-26-20-11-18(7-8-21(20)27-22)25-12-16-5-6-17(23)10-19(16)24/h3-12H,1-2H3. The third-order valence-electron chi connectivity index (χ3n) is 4.44. The van der Waals surface area contributed by atoms with Crippen LogP contribution in [0.15, 0.2) is 64.0 Å². The van der Waals surface area contributed by atoms with Gasteiger partial charge in [0.05, 0.1) is 10.7 Å². The first kappa shape index (κ1) is 17.8. The van der Waals surface area contributed by atoms with E-state index in [4.69, 9.17) is 27.6 Å². The molecule has 0 aliphatic heterocycles. The van der Waals surface area contributed by atoms with Crippen LogP contribution in [0.25, 0.3) is 22.6 Å². The summed E-state index contributed by atoms with van der Waals surface area (Å²) in [5, 5.41) is 1.16. The molecule has 0 amide bonds. The van der Waals surface area contributed by atoms with E-state index in [-0.39, 0.29) is 0 Å². The molecule has 0 fully saturated rings. The second-order valence-electron chi connectivity index (χ2n) is 6.39. The maximum atomic E-state index is 6.18. The van der Waals surface area contributed by atoms with Gasteiger partial charge in [-0.3, -0.25) is 4.99 Å². The molecule has 0 aliphatic carbocycles. The van der Waals surface area contributed by atoms with Crippen LogP contribution in [0.4, 0.5) is 5.69 Å². The van der Waals surface area contributed by atoms with Crippen LogP contribution in [-0.2, 0) is 0 Å². The molecule has 4 aromatic rings. The summed E-state index contributed by atoms with van der Waals surface area (Å²) >= 11 is 12.1. The zero-order valence-corrected chi connectivity index (χ0v) is 16.3. The molecule has 1 aromatic heterocycles. The summed E-state index contributed by atoms with van der Waals surface area (Å²) in [6.07, 6.45) is 1.71. The van der Waals surface area contributed by atoms with E-state index in [0.29, 0.717) is 15.9 Å². The molecule has 0 N–H and O–H groups in total. The zero-order valence-electron chi connectivity index (χ0n) is 14.8. The molecule has 3 aromatic carbocycles. The monoisotopic (exact) mass is 394 g/mol. The van der Waals surface area contributed by atoms with Gasteiger partial charge in [-0.2, -0.15) is 0 Å². The maximum absolute atomic E-state index is 6.18. The van der Waals surface area contributed by atoms with Gasteiger partial charge < -0.3 is 4.42 Å². The fourth-order valence-electron chi connectivity index (χ4n) is 2.74. The zero-order chi connectivity index (χ0) is 19.0. The van der Waals surface area contributed by atoms with Crippen molar-refractivity contribution in [3.05, 3.63) is 81.3 Å².